The Bertz CT molecular complexity index is 1570. The van der Waals surface area contributed by atoms with Gasteiger partial charge >= 0.3 is 0 Å². The molecule has 2 N–H and O–H groups in total. The smallest absolute Gasteiger partial charge is 0.255 e. The molecule has 0 fully saturated rings. The molecule has 0 heterocycles. The minimum absolute atomic E-state index is 0.105. The maximum Gasteiger partial charge on any atom is 0.255 e. The molecule has 0 aromatic heterocycles. The van der Waals surface area contributed by atoms with Crippen molar-refractivity contribution in [2.45, 2.75) is 10.1 Å². The Morgan fingerprint density at radius 3 is 2.16 bits per heavy atom. The molecule has 0 spiro atoms. The van der Waals surface area contributed by atoms with E-state index in [1.54, 1.807) is 31.4 Å². The number of carbonyl (C=O) groups excluding carboxylic acids is 2. The number of hydrogen-bond donors (Lipinski definition) is 2. The average molecular weight is 519 g/mol. The molecule has 0 radical (unpaired) electrons. The summed E-state index contributed by atoms with van der Waals surface area (Å²) >= 11 is 1.46. The van der Waals surface area contributed by atoms with Gasteiger partial charge in [0.2, 0.25) is 5.91 Å². The fraction of sp³-hybridized carbons (Fsp3) is 0.0625. The lowest BCUT2D eigenvalue weighted by Gasteiger charge is -2.18. The van der Waals surface area contributed by atoms with Crippen molar-refractivity contribution in [1.29, 1.82) is 0 Å². The first kappa shape index (κ1) is 25.1. The Hall–Kier alpha value is -4.55. The van der Waals surface area contributed by atoms with Crippen LogP contribution >= 0.6 is 11.8 Å². The van der Waals surface area contributed by atoms with Crippen LogP contribution in [0.25, 0.3) is 10.8 Å². The van der Waals surface area contributed by atoms with E-state index in [2.05, 4.69) is 10.6 Å². The summed E-state index contributed by atoms with van der Waals surface area (Å²) in [6.45, 7) is 0. The molecule has 5 rings (SSSR count). The highest BCUT2D eigenvalue weighted by Gasteiger charge is 2.22. The molecule has 1 atom stereocenters. The first-order chi connectivity index (χ1) is 18.6. The van der Waals surface area contributed by atoms with E-state index in [1.165, 1.54) is 11.8 Å². The van der Waals surface area contributed by atoms with Crippen LogP contribution in [0.1, 0.15) is 21.2 Å². The molecular weight excluding hydrogens is 492 g/mol. The van der Waals surface area contributed by atoms with Gasteiger partial charge in [-0.25, -0.2) is 0 Å². The Kier molecular flexibility index (Phi) is 7.71. The predicted octanol–water partition coefficient (Wildman–Crippen LogP) is 7.57. The van der Waals surface area contributed by atoms with Gasteiger partial charge in [0.1, 0.15) is 11.0 Å². The molecule has 0 saturated carbocycles. The van der Waals surface area contributed by atoms with Crippen LogP contribution in [0.3, 0.4) is 0 Å². The predicted molar refractivity (Wildman–Crippen MR) is 155 cm³/mol. The summed E-state index contributed by atoms with van der Waals surface area (Å²) in [6, 6.07) is 38.2. The molecule has 5 aromatic rings. The van der Waals surface area contributed by atoms with Gasteiger partial charge in [-0.05, 0) is 70.9 Å². The molecule has 1 unspecified atom stereocenters. The van der Waals surface area contributed by atoms with E-state index in [1.807, 2.05) is 97.1 Å². The van der Waals surface area contributed by atoms with Crippen LogP contribution in [0.4, 0.5) is 11.4 Å². The fourth-order valence-electron chi connectivity index (χ4n) is 4.10. The van der Waals surface area contributed by atoms with Crippen LogP contribution in [0, 0.1) is 0 Å². The van der Waals surface area contributed by atoms with Crippen LogP contribution < -0.4 is 15.4 Å². The summed E-state index contributed by atoms with van der Waals surface area (Å²) in [4.78, 5) is 27.0. The third kappa shape index (κ3) is 6.05. The van der Waals surface area contributed by atoms with Gasteiger partial charge in [-0.15, -0.1) is 11.8 Å². The van der Waals surface area contributed by atoms with Gasteiger partial charge in [0, 0.05) is 21.8 Å². The summed E-state index contributed by atoms with van der Waals surface area (Å²) in [6.07, 6.45) is 0. The number of ether oxygens (including phenoxy) is 1. The number of benzene rings is 5. The molecule has 188 valence electrons. The number of anilines is 2. The molecule has 0 aliphatic carbocycles. The molecule has 6 heteroatoms. The average Bonchev–Trinajstić information content (AvgIpc) is 2.97. The van der Waals surface area contributed by atoms with Crippen molar-refractivity contribution in [3.05, 3.63) is 132 Å². The number of rotatable bonds is 8. The van der Waals surface area contributed by atoms with E-state index in [0.29, 0.717) is 17.0 Å². The lowest BCUT2D eigenvalue weighted by Crippen LogP contribution is -2.19. The first-order valence-electron chi connectivity index (χ1n) is 12.2. The van der Waals surface area contributed by atoms with E-state index in [9.17, 15) is 9.59 Å². The molecule has 5 aromatic carbocycles. The lowest BCUT2D eigenvalue weighted by atomic mass is 10.1. The molecule has 0 aliphatic heterocycles. The molecule has 5 nitrogen and oxygen atoms in total. The van der Waals surface area contributed by atoms with Crippen molar-refractivity contribution in [3.8, 4) is 5.75 Å². The first-order valence-corrected chi connectivity index (χ1v) is 13.0. The van der Waals surface area contributed by atoms with Gasteiger partial charge in [0.15, 0.2) is 0 Å². The molecule has 0 aliphatic rings. The van der Waals surface area contributed by atoms with Crippen molar-refractivity contribution in [1.82, 2.24) is 0 Å². The van der Waals surface area contributed by atoms with E-state index >= 15 is 0 Å². The molecular formula is C32H26N2O3S. The molecule has 0 bridgehead atoms. The van der Waals surface area contributed by atoms with Crippen molar-refractivity contribution >= 4 is 45.7 Å². The van der Waals surface area contributed by atoms with E-state index in [-0.39, 0.29) is 11.8 Å². The van der Waals surface area contributed by atoms with Gasteiger partial charge in [0.05, 0.1) is 7.11 Å². The van der Waals surface area contributed by atoms with Crippen molar-refractivity contribution < 1.29 is 14.3 Å². The monoisotopic (exact) mass is 518 g/mol. The SMILES string of the molecule is COc1cccc(C(=O)Nc2ccc(SC(C(=O)Nc3ccc4ccccc4c3)c3ccccc3)cc2)c1. The number of thioether (sulfide) groups is 1. The summed E-state index contributed by atoms with van der Waals surface area (Å²) in [5.41, 5.74) is 2.84. The minimum atomic E-state index is -0.458. The van der Waals surface area contributed by atoms with Crippen LogP contribution in [-0.2, 0) is 4.79 Å². The zero-order valence-electron chi connectivity index (χ0n) is 20.8. The van der Waals surface area contributed by atoms with E-state index in [0.717, 1.165) is 26.9 Å². The number of nitrogens with one attached hydrogen (secondary N) is 2. The van der Waals surface area contributed by atoms with Crippen molar-refractivity contribution in [2.75, 3.05) is 17.7 Å². The van der Waals surface area contributed by atoms with Gasteiger partial charge < -0.3 is 15.4 Å². The van der Waals surface area contributed by atoms with Crippen LogP contribution in [-0.4, -0.2) is 18.9 Å². The minimum Gasteiger partial charge on any atom is -0.497 e. The maximum atomic E-state index is 13.5. The standard InChI is InChI=1S/C32H26N2O3S/c1-37-28-13-7-12-25(21-28)31(35)33-26-16-18-29(19-17-26)38-30(23-9-3-2-4-10-23)32(36)34-27-15-14-22-8-5-6-11-24(22)20-27/h2-21,30H,1H3,(H,33,35)(H,34,36). The molecule has 38 heavy (non-hydrogen) atoms. The summed E-state index contributed by atoms with van der Waals surface area (Å²) < 4.78 is 5.20. The van der Waals surface area contributed by atoms with Crippen LogP contribution in [0.2, 0.25) is 0 Å². The van der Waals surface area contributed by atoms with Gasteiger partial charge in [-0.2, -0.15) is 0 Å². The fourth-order valence-corrected chi connectivity index (χ4v) is 5.12. The quantitative estimate of drug-likeness (QED) is 0.208. The summed E-state index contributed by atoms with van der Waals surface area (Å²) in [5.74, 6) is 0.298. The van der Waals surface area contributed by atoms with Crippen LogP contribution in [0.5, 0.6) is 5.75 Å². The largest absolute Gasteiger partial charge is 0.497 e. The summed E-state index contributed by atoms with van der Waals surface area (Å²) in [5, 5.41) is 7.73. The highest BCUT2D eigenvalue weighted by Crippen LogP contribution is 2.37. The summed E-state index contributed by atoms with van der Waals surface area (Å²) in [7, 11) is 1.57. The van der Waals surface area contributed by atoms with Gasteiger partial charge in [0.25, 0.3) is 5.91 Å². The Labute approximate surface area is 225 Å². The number of amides is 2. The second-order valence-electron chi connectivity index (χ2n) is 8.67. The topological polar surface area (TPSA) is 67.4 Å². The Morgan fingerprint density at radius 1 is 0.684 bits per heavy atom. The third-order valence-corrected chi connectivity index (χ3v) is 7.32. The number of hydrogen-bond acceptors (Lipinski definition) is 4. The maximum absolute atomic E-state index is 13.5. The second-order valence-corrected chi connectivity index (χ2v) is 9.85. The second kappa shape index (κ2) is 11.7. The van der Waals surface area contributed by atoms with E-state index in [4.69, 9.17) is 4.74 Å². The third-order valence-electron chi connectivity index (χ3n) is 6.06. The van der Waals surface area contributed by atoms with E-state index < -0.39 is 5.25 Å². The van der Waals surface area contributed by atoms with Gasteiger partial charge in [-0.1, -0.05) is 66.7 Å². The number of carbonyl (C=O) groups is 2. The Balaban J connectivity index is 1.31. The highest BCUT2D eigenvalue weighted by molar-refractivity contribution is 8.00. The molecule has 0 saturated heterocycles. The lowest BCUT2D eigenvalue weighted by molar-refractivity contribution is -0.115. The molecule has 2 amide bonds. The van der Waals surface area contributed by atoms with Crippen molar-refractivity contribution in [2.24, 2.45) is 0 Å². The zero-order chi connectivity index (χ0) is 26.3. The number of methoxy groups -OCH3 is 1. The zero-order valence-corrected chi connectivity index (χ0v) is 21.6. The number of fused-ring (bicyclic) bond motifs is 1. The van der Waals surface area contributed by atoms with Crippen LogP contribution in [0.15, 0.2) is 126 Å². The normalized spacial score (nSPS) is 11.5. The Morgan fingerprint density at radius 2 is 1.39 bits per heavy atom. The van der Waals surface area contributed by atoms with Gasteiger partial charge in [-0.3, -0.25) is 9.59 Å². The highest BCUT2D eigenvalue weighted by atomic mass is 32.2. The van der Waals surface area contributed by atoms with Crippen molar-refractivity contribution in [3.63, 3.8) is 0 Å².